The van der Waals surface area contributed by atoms with Gasteiger partial charge in [0.1, 0.15) is 17.1 Å². The number of anilines is 6. The minimum absolute atomic E-state index is 0.00339. The van der Waals surface area contributed by atoms with Gasteiger partial charge in [0.2, 0.25) is 41.1 Å². The molecule has 11 N–H and O–H groups in total. The van der Waals surface area contributed by atoms with Gasteiger partial charge >= 0.3 is 0 Å². The summed E-state index contributed by atoms with van der Waals surface area (Å²) in [7, 11) is 9.63. The predicted octanol–water partition coefficient (Wildman–Crippen LogP) is 2.47. The second-order valence-corrected chi connectivity index (χ2v) is 25.5. The number of carbonyl (C=O) groups is 11. The largest absolute Gasteiger partial charge is 0.379 e. The smallest absolute Gasteiger partial charge is 0.291 e. The number of imidazole rings is 4. The number of nitrogens with one attached hydrogen (secondary N) is 11. The Labute approximate surface area is 647 Å². The van der Waals surface area contributed by atoms with Crippen LogP contribution in [-0.4, -0.2) is 242 Å². The molecule has 7 aromatic rings. The summed E-state index contributed by atoms with van der Waals surface area (Å²) in [5.41, 5.74) is 1.65. The van der Waals surface area contributed by atoms with Gasteiger partial charge in [0.05, 0.1) is 103 Å². The highest BCUT2D eigenvalue weighted by atomic mass is 16.6. The summed E-state index contributed by atoms with van der Waals surface area (Å²) in [5, 5.41) is 29.7. The zero-order valence-electron chi connectivity index (χ0n) is 64.6. The Morgan fingerprint density at radius 1 is 0.330 bits per heavy atom. The van der Waals surface area contributed by atoms with Gasteiger partial charge in [-0.05, 0) is 38.0 Å². The number of amides is 11. The van der Waals surface area contributed by atoms with Crippen LogP contribution in [0.15, 0.2) is 67.8 Å². The monoisotopic (exact) mass is 1560 g/mol. The molecule has 0 aliphatic heterocycles. The number of hydrogen-bond acceptors (Lipinski definition) is 22. The molecule has 0 aliphatic rings. The van der Waals surface area contributed by atoms with Gasteiger partial charge in [-0.3, -0.25) is 52.7 Å². The van der Waals surface area contributed by atoms with Gasteiger partial charge < -0.3 is 124 Å². The van der Waals surface area contributed by atoms with Crippen molar-refractivity contribution >= 4 is 99.5 Å². The first-order chi connectivity index (χ1) is 54.0. The van der Waals surface area contributed by atoms with Crippen LogP contribution in [0.4, 0.5) is 34.5 Å². The first-order valence-corrected chi connectivity index (χ1v) is 36.9. The molecule has 0 saturated heterocycles. The first kappa shape index (κ1) is 87.8. The number of carbonyl (C=O) groups excluding carboxylic acids is 11. The minimum Gasteiger partial charge on any atom is -0.379 e. The Morgan fingerprint density at radius 2 is 0.741 bits per heavy atom. The van der Waals surface area contributed by atoms with E-state index in [0.29, 0.717) is 109 Å². The van der Waals surface area contributed by atoms with E-state index in [9.17, 15) is 52.7 Å². The lowest BCUT2D eigenvalue weighted by atomic mass is 10.2. The number of rotatable bonds is 53. The number of hydrogen-bond donors (Lipinski definition) is 11. The predicted molar refractivity (Wildman–Crippen MR) is 409 cm³/mol. The zero-order chi connectivity index (χ0) is 80.7. The van der Waals surface area contributed by atoms with Crippen LogP contribution < -0.4 is 58.5 Å². The van der Waals surface area contributed by atoms with Crippen molar-refractivity contribution in [1.82, 2.24) is 78.5 Å². The summed E-state index contributed by atoms with van der Waals surface area (Å²) < 4.78 is 48.6. The van der Waals surface area contributed by atoms with Crippen LogP contribution in [0.5, 0.6) is 0 Å². The average Bonchev–Trinajstić information content (AvgIpc) is 1.69. The maximum absolute atomic E-state index is 13.7. The number of nitrogens with zero attached hydrogens (tertiary/aromatic N) is 11. The molecule has 0 saturated carbocycles. The topological polar surface area (TPSA) is 471 Å². The molecule has 7 aromatic heterocycles. The Kier molecular flexibility index (Phi) is 36.8. The van der Waals surface area contributed by atoms with Crippen molar-refractivity contribution in [2.45, 2.75) is 78.2 Å². The molecule has 0 unspecified atom stereocenters. The van der Waals surface area contributed by atoms with Crippen LogP contribution in [0, 0.1) is 0 Å². The molecular weight excluding hydrogens is 1460 g/mol. The molecule has 40 heteroatoms. The fourth-order valence-electron chi connectivity index (χ4n) is 10.8. The highest BCUT2D eigenvalue weighted by Gasteiger charge is 2.24. The van der Waals surface area contributed by atoms with Gasteiger partial charge in [-0.2, -0.15) is 0 Å². The molecule has 0 radical (unpaired) electrons. The van der Waals surface area contributed by atoms with Crippen molar-refractivity contribution in [2.24, 2.45) is 42.3 Å². The van der Waals surface area contributed by atoms with Crippen molar-refractivity contribution in [3.8, 4) is 0 Å². The van der Waals surface area contributed by atoms with E-state index in [-0.39, 0.29) is 135 Å². The summed E-state index contributed by atoms with van der Waals surface area (Å²) in [6, 6.07) is 4.48. The van der Waals surface area contributed by atoms with E-state index in [0.717, 1.165) is 25.7 Å². The van der Waals surface area contributed by atoms with Crippen molar-refractivity contribution in [1.29, 1.82) is 0 Å². The van der Waals surface area contributed by atoms with Gasteiger partial charge in [-0.1, -0.05) is 26.2 Å². The molecule has 0 spiro atoms. The summed E-state index contributed by atoms with van der Waals surface area (Å²) in [6.07, 6.45) is 15.8. The normalized spacial score (nSPS) is 11.1. The van der Waals surface area contributed by atoms with Gasteiger partial charge in [0, 0.05) is 163 Å². The highest BCUT2D eigenvalue weighted by molar-refractivity contribution is 6.06. The van der Waals surface area contributed by atoms with Crippen LogP contribution in [0.1, 0.15) is 146 Å². The third kappa shape index (κ3) is 29.8. The molecular formula is C72H104N22O18. The van der Waals surface area contributed by atoms with E-state index in [1.165, 1.54) is 72.0 Å². The third-order valence-electron chi connectivity index (χ3n) is 16.5. The van der Waals surface area contributed by atoms with Crippen LogP contribution in [0.2, 0.25) is 0 Å². The summed E-state index contributed by atoms with van der Waals surface area (Å²) >= 11 is 0. The Balaban J connectivity index is 0.734. The molecule has 0 fully saturated rings. The molecule has 0 bridgehead atoms. The Morgan fingerprint density at radius 3 is 1.25 bits per heavy atom. The summed E-state index contributed by atoms with van der Waals surface area (Å²) in [4.78, 5) is 161. The molecule has 610 valence electrons. The van der Waals surface area contributed by atoms with E-state index in [1.54, 1.807) is 70.0 Å². The average molecular weight is 1570 g/mol. The second kappa shape index (κ2) is 46.9. The highest BCUT2D eigenvalue weighted by Crippen LogP contribution is 2.21. The lowest BCUT2D eigenvalue weighted by Crippen LogP contribution is -2.33. The molecule has 7 rings (SSSR count). The van der Waals surface area contributed by atoms with E-state index in [4.69, 9.17) is 33.2 Å². The molecule has 0 aromatic carbocycles. The first-order valence-electron chi connectivity index (χ1n) is 36.9. The molecule has 11 amide bonds. The molecule has 112 heavy (non-hydrogen) atoms. The number of aryl methyl sites for hydroxylation is 7. The molecule has 7 heterocycles. The maximum Gasteiger partial charge on any atom is 0.291 e. The van der Waals surface area contributed by atoms with E-state index in [2.05, 4.69) is 85.3 Å². The maximum atomic E-state index is 13.7. The van der Waals surface area contributed by atoms with E-state index < -0.39 is 59.1 Å². The van der Waals surface area contributed by atoms with Gasteiger partial charge in [0.25, 0.3) is 41.4 Å². The lowest BCUT2D eigenvalue weighted by molar-refractivity contribution is -0.121. The standard InChI is InChI=1S/C72H104N22O18/c1-9-11-12-13-25-94-45-51(81-72(105)65-85-56(47-93(65)8)83-61(98)18-21-76-66(99)52-41-50(44-89(52)4)80-71(104)62-74-23-26-88(62)3)42-54(94)67(100)75-19-14-15-59(96)82-55-46-91(6)63(84-55)69(102)78-22-17-60(97)79-49-40-53(90(5)43-49)68(101)87-57-48-92(7)64(86-57)70(103)77-20-16-58(95)73-24-27-107-30-31-109-34-35-111-38-39-112-37-36-110-33-32-108-29-28-106-10-2/h23,26,40-48H,9-22,24-25,27-39H2,1-8H3,(H,73,95)(H,75,100)(H,76,99)(H,77,103)(H,78,102)(H,79,97)(H,80,104)(H,81,105)(H,82,96)(H,83,98)(H,87,101). The fraction of sp³-hybridized carbons (Fsp3) is 0.514. The number of aromatic nitrogens is 11. The Bertz CT molecular complexity index is 4260. The van der Waals surface area contributed by atoms with Crippen LogP contribution in [-0.2, 0) is 101 Å². The number of unbranched alkanes of at least 4 members (excludes halogenated alkanes) is 3. The lowest BCUT2D eigenvalue weighted by Gasteiger charge is -2.09. The molecule has 40 nitrogen and oxygen atoms in total. The number of ether oxygens (including phenoxy) is 7. The van der Waals surface area contributed by atoms with E-state index in [1.807, 2.05) is 6.92 Å². The molecule has 0 aliphatic carbocycles. The third-order valence-corrected chi connectivity index (χ3v) is 16.5. The van der Waals surface area contributed by atoms with Gasteiger partial charge in [-0.15, -0.1) is 0 Å². The van der Waals surface area contributed by atoms with Gasteiger partial charge in [0.15, 0.2) is 23.3 Å². The molecule has 0 atom stereocenters. The van der Waals surface area contributed by atoms with E-state index >= 15 is 0 Å². The van der Waals surface area contributed by atoms with Crippen molar-refractivity contribution in [2.75, 3.05) is 157 Å². The van der Waals surface area contributed by atoms with Crippen LogP contribution in [0.25, 0.3) is 0 Å². The fourth-order valence-corrected chi connectivity index (χ4v) is 10.8. The van der Waals surface area contributed by atoms with Crippen molar-refractivity contribution in [3.63, 3.8) is 0 Å². The van der Waals surface area contributed by atoms with Crippen LogP contribution >= 0.6 is 0 Å². The minimum atomic E-state index is -0.620. The van der Waals surface area contributed by atoms with Crippen molar-refractivity contribution < 1.29 is 85.9 Å². The Hall–Kier alpha value is -11.4. The quantitative estimate of drug-likeness (QED) is 0.0244. The SMILES string of the molecule is CCCCCCn1cc(NC(=O)c2nc(NC(=O)CCNC(=O)c3cc(NC(=O)c4nccn4C)cn3C)cn2C)cc1C(=O)NCCCC(=O)Nc1cn(C)c(C(=O)NCCC(=O)Nc2cc(C(=O)Nc3cn(C)c(C(=O)NCCC(=O)NCCOCCOCCOCCOCCOCCOCCOCC)n3)n(C)c2)n1. The van der Waals surface area contributed by atoms with Gasteiger partial charge in [-0.25, -0.2) is 19.9 Å². The van der Waals surface area contributed by atoms with Crippen LogP contribution in [0.3, 0.4) is 0 Å². The van der Waals surface area contributed by atoms with Crippen molar-refractivity contribution in [3.05, 3.63) is 108 Å². The zero-order valence-corrected chi connectivity index (χ0v) is 64.6. The summed E-state index contributed by atoms with van der Waals surface area (Å²) in [5.74, 6) is -5.11. The second-order valence-electron chi connectivity index (χ2n) is 25.5. The summed E-state index contributed by atoms with van der Waals surface area (Å²) in [6.45, 7) is 11.1.